The third-order valence-electron chi connectivity index (χ3n) is 3.54. The molecule has 106 valence electrons. The first kappa shape index (κ1) is 15.4. The summed E-state index contributed by atoms with van der Waals surface area (Å²) in [5, 5.41) is 21.4. The summed E-state index contributed by atoms with van der Waals surface area (Å²) in [6, 6.07) is 0. The van der Waals surface area contributed by atoms with Crippen molar-refractivity contribution in [3.63, 3.8) is 0 Å². The number of nitrogens with zero attached hydrogens (tertiary/aromatic N) is 1. The van der Waals surface area contributed by atoms with E-state index in [-0.39, 0.29) is 19.1 Å². The van der Waals surface area contributed by atoms with Gasteiger partial charge in [-0.15, -0.1) is 0 Å². The second-order valence-corrected chi connectivity index (χ2v) is 5.50. The molecule has 1 saturated heterocycles. The van der Waals surface area contributed by atoms with E-state index in [0.29, 0.717) is 19.5 Å². The van der Waals surface area contributed by atoms with E-state index in [9.17, 15) is 4.79 Å². The first-order chi connectivity index (χ1) is 8.61. The van der Waals surface area contributed by atoms with Gasteiger partial charge in [-0.2, -0.15) is 0 Å². The molecule has 3 N–H and O–H groups in total. The van der Waals surface area contributed by atoms with E-state index >= 15 is 0 Å². The van der Waals surface area contributed by atoms with Crippen LogP contribution in [0.4, 0.5) is 0 Å². The van der Waals surface area contributed by atoms with Crippen molar-refractivity contribution in [1.29, 1.82) is 0 Å². The Morgan fingerprint density at radius 3 is 2.39 bits per heavy atom. The quantitative estimate of drug-likeness (QED) is 0.561. The fourth-order valence-electron chi connectivity index (χ4n) is 2.05. The summed E-state index contributed by atoms with van der Waals surface area (Å²) in [6.07, 6.45) is 3.96. The average Bonchev–Trinajstić information content (AvgIpc) is 2.44. The zero-order chi connectivity index (χ0) is 13.4. The van der Waals surface area contributed by atoms with Gasteiger partial charge in [-0.05, 0) is 19.3 Å². The fourth-order valence-corrected chi connectivity index (χ4v) is 2.05. The molecule has 1 aliphatic heterocycles. The number of amides is 1. The molecule has 1 amide bonds. The number of hydrogen-bond acceptors (Lipinski definition) is 4. The predicted molar refractivity (Wildman–Crippen MR) is 70.2 cm³/mol. The second kappa shape index (κ2) is 7.71. The van der Waals surface area contributed by atoms with Gasteiger partial charge in [0.25, 0.3) is 0 Å². The SMILES string of the molecule is CC(CO)(CO)CNCCC(=O)N1CCCCC1. The van der Waals surface area contributed by atoms with Crippen LogP contribution < -0.4 is 5.32 Å². The maximum atomic E-state index is 11.8. The standard InChI is InChI=1S/C13H26N2O3/c1-13(10-16,11-17)9-14-6-5-12(18)15-7-3-2-4-8-15/h14,16-17H,2-11H2,1H3. The van der Waals surface area contributed by atoms with Crippen molar-refractivity contribution in [1.82, 2.24) is 10.2 Å². The van der Waals surface area contributed by atoms with Gasteiger partial charge >= 0.3 is 0 Å². The topological polar surface area (TPSA) is 72.8 Å². The molecule has 0 aliphatic carbocycles. The summed E-state index contributed by atoms with van der Waals surface area (Å²) >= 11 is 0. The van der Waals surface area contributed by atoms with Gasteiger partial charge in [0.15, 0.2) is 0 Å². The van der Waals surface area contributed by atoms with Crippen molar-refractivity contribution in [2.45, 2.75) is 32.6 Å². The zero-order valence-corrected chi connectivity index (χ0v) is 11.3. The minimum absolute atomic E-state index is 0.0590. The highest BCUT2D eigenvalue weighted by atomic mass is 16.3. The van der Waals surface area contributed by atoms with Crippen LogP contribution in [-0.2, 0) is 4.79 Å². The molecular formula is C13H26N2O3. The lowest BCUT2D eigenvalue weighted by Crippen LogP contribution is -2.40. The monoisotopic (exact) mass is 258 g/mol. The van der Waals surface area contributed by atoms with E-state index in [1.165, 1.54) is 6.42 Å². The van der Waals surface area contributed by atoms with Crippen LogP contribution in [-0.4, -0.2) is 60.4 Å². The Hall–Kier alpha value is -0.650. The molecule has 1 heterocycles. The highest BCUT2D eigenvalue weighted by Gasteiger charge is 2.22. The first-order valence-electron chi connectivity index (χ1n) is 6.81. The average molecular weight is 258 g/mol. The highest BCUT2D eigenvalue weighted by molar-refractivity contribution is 5.76. The number of likely N-dealkylation sites (tertiary alicyclic amines) is 1. The maximum Gasteiger partial charge on any atom is 0.223 e. The normalized spacial score (nSPS) is 16.9. The summed E-state index contributed by atoms with van der Waals surface area (Å²) in [4.78, 5) is 13.8. The Bertz CT molecular complexity index is 249. The number of piperidine rings is 1. The second-order valence-electron chi connectivity index (χ2n) is 5.50. The number of rotatable bonds is 7. The number of carbonyl (C=O) groups is 1. The molecule has 5 nitrogen and oxygen atoms in total. The lowest BCUT2D eigenvalue weighted by molar-refractivity contribution is -0.132. The lowest BCUT2D eigenvalue weighted by atomic mass is 9.93. The van der Waals surface area contributed by atoms with Gasteiger partial charge < -0.3 is 20.4 Å². The van der Waals surface area contributed by atoms with Crippen molar-refractivity contribution in [3.05, 3.63) is 0 Å². The van der Waals surface area contributed by atoms with Crippen LogP contribution in [0.1, 0.15) is 32.6 Å². The Kier molecular flexibility index (Phi) is 6.60. The molecule has 0 spiro atoms. The van der Waals surface area contributed by atoms with Crippen molar-refractivity contribution < 1.29 is 15.0 Å². The first-order valence-corrected chi connectivity index (χ1v) is 6.81. The van der Waals surface area contributed by atoms with Crippen LogP contribution >= 0.6 is 0 Å². The Morgan fingerprint density at radius 1 is 1.22 bits per heavy atom. The summed E-state index contributed by atoms with van der Waals surface area (Å²) in [5.74, 6) is 0.205. The molecule has 0 aromatic carbocycles. The van der Waals surface area contributed by atoms with Crippen molar-refractivity contribution in [2.24, 2.45) is 5.41 Å². The van der Waals surface area contributed by atoms with Crippen LogP contribution in [0, 0.1) is 5.41 Å². The number of aliphatic hydroxyl groups excluding tert-OH is 2. The zero-order valence-electron chi connectivity index (χ0n) is 11.3. The van der Waals surface area contributed by atoms with Gasteiger partial charge in [-0.25, -0.2) is 0 Å². The molecule has 0 saturated carbocycles. The molecule has 0 aromatic heterocycles. The van der Waals surface area contributed by atoms with E-state index < -0.39 is 5.41 Å². The van der Waals surface area contributed by atoms with Gasteiger partial charge in [-0.3, -0.25) is 4.79 Å². The third kappa shape index (κ3) is 4.92. The van der Waals surface area contributed by atoms with Crippen molar-refractivity contribution in [2.75, 3.05) is 39.4 Å². The molecule has 1 fully saturated rings. The lowest BCUT2D eigenvalue weighted by Gasteiger charge is -2.27. The molecule has 1 rings (SSSR count). The van der Waals surface area contributed by atoms with Crippen LogP contribution in [0.5, 0.6) is 0 Å². The summed E-state index contributed by atoms with van der Waals surface area (Å²) in [6.45, 7) is 4.60. The number of carbonyl (C=O) groups excluding carboxylic acids is 1. The Labute approximate surface area is 109 Å². The molecule has 0 radical (unpaired) electrons. The summed E-state index contributed by atoms with van der Waals surface area (Å²) in [7, 11) is 0. The Morgan fingerprint density at radius 2 is 1.83 bits per heavy atom. The molecule has 1 aliphatic rings. The smallest absolute Gasteiger partial charge is 0.223 e. The van der Waals surface area contributed by atoms with Gasteiger partial charge in [0.1, 0.15) is 0 Å². The highest BCUT2D eigenvalue weighted by Crippen LogP contribution is 2.12. The Balaban J connectivity index is 2.15. The maximum absolute atomic E-state index is 11.8. The van der Waals surface area contributed by atoms with Gasteiger partial charge in [0.2, 0.25) is 5.91 Å². The molecular weight excluding hydrogens is 232 g/mol. The van der Waals surface area contributed by atoms with Crippen LogP contribution in [0.2, 0.25) is 0 Å². The van der Waals surface area contributed by atoms with E-state index in [2.05, 4.69) is 5.32 Å². The number of aliphatic hydroxyl groups is 2. The van der Waals surface area contributed by atoms with Gasteiger partial charge in [0, 0.05) is 38.0 Å². The van der Waals surface area contributed by atoms with Crippen LogP contribution in [0.25, 0.3) is 0 Å². The van der Waals surface area contributed by atoms with Crippen LogP contribution in [0.15, 0.2) is 0 Å². The summed E-state index contributed by atoms with van der Waals surface area (Å²) < 4.78 is 0. The van der Waals surface area contributed by atoms with E-state index in [0.717, 1.165) is 25.9 Å². The van der Waals surface area contributed by atoms with Crippen molar-refractivity contribution >= 4 is 5.91 Å². The minimum Gasteiger partial charge on any atom is -0.396 e. The number of hydrogen-bond donors (Lipinski definition) is 3. The minimum atomic E-state index is -0.506. The largest absolute Gasteiger partial charge is 0.396 e. The number of nitrogens with one attached hydrogen (secondary N) is 1. The molecule has 0 bridgehead atoms. The van der Waals surface area contributed by atoms with Gasteiger partial charge in [-0.1, -0.05) is 6.92 Å². The summed E-state index contributed by atoms with van der Waals surface area (Å²) in [5.41, 5.74) is -0.506. The molecule has 0 atom stereocenters. The third-order valence-corrected chi connectivity index (χ3v) is 3.54. The van der Waals surface area contributed by atoms with E-state index in [1.54, 1.807) is 0 Å². The van der Waals surface area contributed by atoms with E-state index in [4.69, 9.17) is 10.2 Å². The molecule has 5 heteroatoms. The van der Waals surface area contributed by atoms with E-state index in [1.807, 2.05) is 11.8 Å². The van der Waals surface area contributed by atoms with Crippen molar-refractivity contribution in [3.8, 4) is 0 Å². The fraction of sp³-hybridized carbons (Fsp3) is 0.923. The predicted octanol–water partition coefficient (Wildman–Crippen LogP) is -0.0305. The molecule has 18 heavy (non-hydrogen) atoms. The van der Waals surface area contributed by atoms with Gasteiger partial charge in [0.05, 0.1) is 13.2 Å². The molecule has 0 unspecified atom stereocenters. The van der Waals surface area contributed by atoms with Crippen LogP contribution in [0.3, 0.4) is 0 Å². The molecule has 0 aromatic rings.